The number of nitrogens with one attached hydrogen (secondary N) is 2. The van der Waals surface area contributed by atoms with Crippen molar-refractivity contribution in [1.29, 1.82) is 0 Å². The second-order valence-corrected chi connectivity index (χ2v) is 3.94. The minimum absolute atomic E-state index is 0. The highest BCUT2D eigenvalue weighted by Gasteiger charge is 2.32. The second-order valence-electron chi connectivity index (χ2n) is 3.94. The van der Waals surface area contributed by atoms with E-state index in [0.717, 1.165) is 6.54 Å². The Morgan fingerprint density at radius 1 is 0.917 bits per heavy atom. The van der Waals surface area contributed by atoms with E-state index in [4.69, 9.17) is 0 Å². The van der Waals surface area contributed by atoms with Gasteiger partial charge in [-0.3, -0.25) is 0 Å². The lowest BCUT2D eigenvalue weighted by Gasteiger charge is -2.41. The van der Waals surface area contributed by atoms with Crippen molar-refractivity contribution < 1.29 is 0 Å². The molecule has 72 valence electrons. The van der Waals surface area contributed by atoms with Crippen LogP contribution in [0.15, 0.2) is 0 Å². The average molecular weight is 191 g/mol. The number of piperazine rings is 1. The van der Waals surface area contributed by atoms with Crippen LogP contribution in [-0.4, -0.2) is 25.2 Å². The van der Waals surface area contributed by atoms with E-state index in [1.54, 1.807) is 0 Å². The van der Waals surface area contributed by atoms with Crippen molar-refractivity contribution in [2.24, 2.45) is 0 Å². The number of hydrogen-bond donors (Lipinski definition) is 2. The molecule has 2 aliphatic rings. The van der Waals surface area contributed by atoms with Gasteiger partial charge in [-0.15, -0.1) is 12.4 Å². The third-order valence-electron chi connectivity index (χ3n) is 3.08. The molecular weight excluding hydrogens is 172 g/mol. The van der Waals surface area contributed by atoms with Crippen molar-refractivity contribution in [2.45, 2.75) is 37.6 Å². The van der Waals surface area contributed by atoms with Crippen LogP contribution in [0.1, 0.15) is 32.1 Å². The molecule has 0 aromatic carbocycles. The first-order valence-corrected chi connectivity index (χ1v) is 4.87. The fraction of sp³-hybridized carbons (Fsp3) is 1.00. The topological polar surface area (TPSA) is 24.1 Å². The molecule has 1 heterocycles. The quantitative estimate of drug-likeness (QED) is 0.602. The van der Waals surface area contributed by atoms with Crippen molar-refractivity contribution in [3.63, 3.8) is 0 Å². The SMILES string of the molecule is C1CCC2(CC1)CNCCN2.Cl. The van der Waals surface area contributed by atoms with Gasteiger partial charge in [0.05, 0.1) is 0 Å². The van der Waals surface area contributed by atoms with Crippen LogP contribution in [0.2, 0.25) is 0 Å². The standard InChI is InChI=1S/C9H18N2.ClH/c1-2-4-9(5-3-1)8-10-6-7-11-9;/h10-11H,1-8H2;1H. The molecule has 2 rings (SSSR count). The van der Waals surface area contributed by atoms with Crippen molar-refractivity contribution in [3.05, 3.63) is 0 Å². The Morgan fingerprint density at radius 2 is 1.67 bits per heavy atom. The van der Waals surface area contributed by atoms with Gasteiger partial charge < -0.3 is 10.6 Å². The molecule has 0 unspecified atom stereocenters. The molecule has 0 bridgehead atoms. The van der Waals surface area contributed by atoms with Gasteiger partial charge in [-0.1, -0.05) is 19.3 Å². The maximum Gasteiger partial charge on any atom is 0.0306 e. The van der Waals surface area contributed by atoms with Crippen molar-refractivity contribution in [2.75, 3.05) is 19.6 Å². The molecule has 12 heavy (non-hydrogen) atoms. The van der Waals surface area contributed by atoms with Crippen molar-refractivity contribution in [3.8, 4) is 0 Å². The minimum atomic E-state index is 0. The number of hydrogen-bond acceptors (Lipinski definition) is 2. The third kappa shape index (κ3) is 2.12. The molecule has 1 aliphatic carbocycles. The molecule has 1 aliphatic heterocycles. The lowest BCUT2D eigenvalue weighted by atomic mass is 9.81. The third-order valence-corrected chi connectivity index (χ3v) is 3.08. The maximum atomic E-state index is 3.67. The van der Waals surface area contributed by atoms with Crippen LogP contribution in [0.3, 0.4) is 0 Å². The van der Waals surface area contributed by atoms with Gasteiger partial charge in [0.25, 0.3) is 0 Å². The van der Waals surface area contributed by atoms with Gasteiger partial charge in [-0.2, -0.15) is 0 Å². The highest BCUT2D eigenvalue weighted by Crippen LogP contribution is 2.28. The monoisotopic (exact) mass is 190 g/mol. The van der Waals surface area contributed by atoms with E-state index in [2.05, 4.69) is 10.6 Å². The van der Waals surface area contributed by atoms with Crippen molar-refractivity contribution in [1.82, 2.24) is 10.6 Å². The molecule has 0 radical (unpaired) electrons. The first-order valence-electron chi connectivity index (χ1n) is 4.87. The van der Waals surface area contributed by atoms with E-state index >= 15 is 0 Å². The van der Waals surface area contributed by atoms with E-state index in [9.17, 15) is 0 Å². The summed E-state index contributed by atoms with van der Waals surface area (Å²) in [6, 6.07) is 0. The summed E-state index contributed by atoms with van der Waals surface area (Å²) in [5.41, 5.74) is 0.497. The first kappa shape index (κ1) is 10.3. The van der Waals surface area contributed by atoms with Gasteiger partial charge in [-0.25, -0.2) is 0 Å². The van der Waals surface area contributed by atoms with Crippen LogP contribution in [-0.2, 0) is 0 Å². The molecule has 0 atom stereocenters. The summed E-state index contributed by atoms with van der Waals surface area (Å²) in [5.74, 6) is 0. The predicted molar refractivity (Wildman–Crippen MR) is 53.9 cm³/mol. The Morgan fingerprint density at radius 3 is 2.25 bits per heavy atom. The molecule has 2 fully saturated rings. The lowest BCUT2D eigenvalue weighted by molar-refractivity contribution is 0.200. The summed E-state index contributed by atoms with van der Waals surface area (Å²) in [6.07, 6.45) is 7.08. The van der Waals surface area contributed by atoms with Crippen LogP contribution in [0.4, 0.5) is 0 Å². The fourth-order valence-electron chi connectivity index (χ4n) is 2.39. The smallest absolute Gasteiger partial charge is 0.0306 e. The Kier molecular flexibility index (Phi) is 3.81. The van der Waals surface area contributed by atoms with E-state index in [1.807, 2.05) is 0 Å². The van der Waals surface area contributed by atoms with Gasteiger partial charge in [0.1, 0.15) is 0 Å². The molecule has 2 N–H and O–H groups in total. The zero-order valence-corrected chi connectivity index (χ0v) is 8.38. The molecule has 1 spiro atoms. The van der Waals surface area contributed by atoms with Gasteiger partial charge in [-0.05, 0) is 12.8 Å². The van der Waals surface area contributed by atoms with Crippen LogP contribution in [0.25, 0.3) is 0 Å². The summed E-state index contributed by atoms with van der Waals surface area (Å²) >= 11 is 0. The minimum Gasteiger partial charge on any atom is -0.314 e. The molecule has 1 saturated carbocycles. The molecule has 1 saturated heterocycles. The lowest BCUT2D eigenvalue weighted by Crippen LogP contribution is -2.59. The van der Waals surface area contributed by atoms with E-state index in [1.165, 1.54) is 45.2 Å². The van der Waals surface area contributed by atoms with Gasteiger partial charge >= 0.3 is 0 Å². The summed E-state index contributed by atoms with van der Waals surface area (Å²) in [4.78, 5) is 0. The predicted octanol–water partition coefficient (Wildman–Crippen LogP) is 1.30. The molecule has 3 heteroatoms. The Bertz CT molecular complexity index is 107. The van der Waals surface area contributed by atoms with E-state index in [-0.39, 0.29) is 12.4 Å². The molecule has 0 aromatic rings. The number of rotatable bonds is 0. The van der Waals surface area contributed by atoms with Gasteiger partial charge in [0, 0.05) is 25.2 Å². The largest absolute Gasteiger partial charge is 0.314 e. The Hall–Kier alpha value is 0.210. The van der Waals surface area contributed by atoms with Gasteiger partial charge in [0.15, 0.2) is 0 Å². The summed E-state index contributed by atoms with van der Waals surface area (Å²) < 4.78 is 0. The highest BCUT2D eigenvalue weighted by molar-refractivity contribution is 5.85. The highest BCUT2D eigenvalue weighted by atomic mass is 35.5. The van der Waals surface area contributed by atoms with Gasteiger partial charge in [0.2, 0.25) is 0 Å². The first-order chi connectivity index (χ1) is 5.41. The number of halogens is 1. The summed E-state index contributed by atoms with van der Waals surface area (Å²) in [5, 5.41) is 7.15. The summed E-state index contributed by atoms with van der Waals surface area (Å²) in [6.45, 7) is 3.52. The molecule has 0 amide bonds. The van der Waals surface area contributed by atoms with Crippen LogP contribution < -0.4 is 10.6 Å². The van der Waals surface area contributed by atoms with Crippen LogP contribution in [0, 0.1) is 0 Å². The Balaban J connectivity index is 0.000000720. The molecular formula is C9H19ClN2. The maximum absolute atomic E-state index is 3.67. The van der Waals surface area contributed by atoms with E-state index in [0.29, 0.717) is 5.54 Å². The molecule has 2 nitrogen and oxygen atoms in total. The van der Waals surface area contributed by atoms with Crippen LogP contribution >= 0.6 is 12.4 Å². The Labute approximate surface area is 80.9 Å². The average Bonchev–Trinajstić information content (AvgIpc) is 2.07. The fourth-order valence-corrected chi connectivity index (χ4v) is 2.39. The van der Waals surface area contributed by atoms with Crippen molar-refractivity contribution >= 4 is 12.4 Å². The zero-order chi connectivity index (χ0) is 7.57. The van der Waals surface area contributed by atoms with Crippen LogP contribution in [0.5, 0.6) is 0 Å². The molecule has 0 aromatic heterocycles. The zero-order valence-electron chi connectivity index (χ0n) is 7.57. The summed E-state index contributed by atoms with van der Waals surface area (Å²) in [7, 11) is 0. The van der Waals surface area contributed by atoms with E-state index < -0.39 is 0 Å². The second kappa shape index (κ2) is 4.45. The normalized spacial score (nSPS) is 28.0.